The van der Waals surface area contributed by atoms with Gasteiger partial charge in [0.15, 0.2) is 0 Å². The molecule has 29 heavy (non-hydrogen) atoms. The van der Waals surface area contributed by atoms with Gasteiger partial charge in [-0.25, -0.2) is 14.6 Å². The van der Waals surface area contributed by atoms with Gasteiger partial charge in [0.05, 0.1) is 12.2 Å². The maximum atomic E-state index is 12.3. The second-order valence-electron chi connectivity index (χ2n) is 8.54. The van der Waals surface area contributed by atoms with Crippen molar-refractivity contribution >= 4 is 5.82 Å². The number of hydrogen-bond acceptors (Lipinski definition) is 6. The predicted molar refractivity (Wildman–Crippen MR) is 112 cm³/mol. The highest BCUT2D eigenvalue weighted by Crippen LogP contribution is 2.27. The molecule has 2 aromatic heterocycles. The summed E-state index contributed by atoms with van der Waals surface area (Å²) in [7, 11) is 0. The summed E-state index contributed by atoms with van der Waals surface area (Å²) in [5.74, 6) is 1.16. The maximum absolute atomic E-state index is 12.3. The molecule has 7 nitrogen and oxygen atoms in total. The van der Waals surface area contributed by atoms with Crippen molar-refractivity contribution in [1.29, 1.82) is 0 Å². The Kier molecular flexibility index (Phi) is 5.31. The number of aryl methyl sites for hydroxylation is 3. The minimum atomic E-state index is 0.0490. The highest BCUT2D eigenvalue weighted by atomic mass is 16.1. The molecule has 154 valence electrons. The fraction of sp³-hybridized carbons (Fsp3) is 0.636. The van der Waals surface area contributed by atoms with E-state index in [4.69, 9.17) is 0 Å². The van der Waals surface area contributed by atoms with E-state index < -0.39 is 0 Å². The molecule has 2 aromatic rings. The fourth-order valence-corrected chi connectivity index (χ4v) is 4.97. The Morgan fingerprint density at radius 3 is 2.55 bits per heavy atom. The average molecular weight is 395 g/mol. The van der Waals surface area contributed by atoms with Gasteiger partial charge in [-0.1, -0.05) is 6.42 Å². The smallest absolute Gasteiger partial charge is 0.267 e. The zero-order valence-electron chi connectivity index (χ0n) is 17.1. The van der Waals surface area contributed by atoms with Crippen LogP contribution in [-0.2, 0) is 32.2 Å². The van der Waals surface area contributed by atoms with Gasteiger partial charge in [-0.2, -0.15) is 5.10 Å². The van der Waals surface area contributed by atoms with Crippen LogP contribution in [0.15, 0.2) is 17.2 Å². The lowest BCUT2D eigenvalue weighted by atomic mass is 10.1. The first-order valence-corrected chi connectivity index (χ1v) is 11.2. The number of nitrogens with zero attached hydrogens (tertiary/aromatic N) is 6. The van der Waals surface area contributed by atoms with Gasteiger partial charge in [0.1, 0.15) is 12.1 Å². The third-order valence-electron chi connectivity index (χ3n) is 6.68. The Balaban J connectivity index is 1.20. The van der Waals surface area contributed by atoms with Crippen LogP contribution in [0.25, 0.3) is 0 Å². The van der Waals surface area contributed by atoms with E-state index >= 15 is 0 Å². The van der Waals surface area contributed by atoms with Crippen molar-refractivity contribution in [2.24, 2.45) is 0 Å². The Morgan fingerprint density at radius 2 is 1.66 bits per heavy atom. The molecular weight excluding hydrogens is 364 g/mol. The summed E-state index contributed by atoms with van der Waals surface area (Å²) >= 11 is 0. The maximum Gasteiger partial charge on any atom is 0.267 e. The first kappa shape index (κ1) is 18.7. The number of piperazine rings is 1. The highest BCUT2D eigenvalue weighted by Gasteiger charge is 2.23. The van der Waals surface area contributed by atoms with Crippen molar-refractivity contribution in [3.63, 3.8) is 0 Å². The minimum Gasteiger partial charge on any atom is -0.354 e. The summed E-state index contributed by atoms with van der Waals surface area (Å²) in [5, 5.41) is 4.61. The van der Waals surface area contributed by atoms with E-state index in [0.717, 1.165) is 81.9 Å². The van der Waals surface area contributed by atoms with Crippen LogP contribution < -0.4 is 10.5 Å². The first-order valence-electron chi connectivity index (χ1n) is 11.2. The van der Waals surface area contributed by atoms with Gasteiger partial charge in [0.2, 0.25) is 0 Å². The van der Waals surface area contributed by atoms with Crippen LogP contribution in [-0.4, -0.2) is 57.4 Å². The number of fused-ring (bicyclic) bond motifs is 2. The third kappa shape index (κ3) is 3.92. The molecule has 3 aliphatic rings. The standard InChI is InChI=1S/C22H30N6O/c29-21-15-17-5-4-8-19(17)25-28(21)14-11-26-9-12-27(13-10-26)22-18-6-2-1-3-7-20(18)23-16-24-22/h15-16H,1-14H2. The van der Waals surface area contributed by atoms with Gasteiger partial charge in [-0.05, 0) is 50.5 Å². The summed E-state index contributed by atoms with van der Waals surface area (Å²) in [4.78, 5) is 26.4. The van der Waals surface area contributed by atoms with E-state index in [-0.39, 0.29) is 5.56 Å². The zero-order chi connectivity index (χ0) is 19.6. The predicted octanol–water partition coefficient (Wildman–Crippen LogP) is 1.61. The molecule has 1 aliphatic heterocycles. The van der Waals surface area contributed by atoms with Crippen molar-refractivity contribution in [3.05, 3.63) is 45.3 Å². The number of aromatic nitrogens is 4. The summed E-state index contributed by atoms with van der Waals surface area (Å²) in [6.07, 6.45) is 10.9. The molecule has 0 N–H and O–H groups in total. The number of anilines is 1. The summed E-state index contributed by atoms with van der Waals surface area (Å²) in [6.45, 7) is 5.51. The summed E-state index contributed by atoms with van der Waals surface area (Å²) in [5.41, 5.74) is 4.97. The molecule has 2 aliphatic carbocycles. The monoisotopic (exact) mass is 394 g/mol. The van der Waals surface area contributed by atoms with E-state index in [0.29, 0.717) is 6.54 Å². The second kappa shape index (κ2) is 8.22. The van der Waals surface area contributed by atoms with Crippen LogP contribution in [0.5, 0.6) is 0 Å². The Labute approximate surface area is 171 Å². The van der Waals surface area contributed by atoms with Crippen LogP contribution in [0.2, 0.25) is 0 Å². The molecule has 1 fully saturated rings. The van der Waals surface area contributed by atoms with Gasteiger partial charge < -0.3 is 4.90 Å². The van der Waals surface area contributed by atoms with Gasteiger partial charge >= 0.3 is 0 Å². The van der Waals surface area contributed by atoms with Crippen molar-refractivity contribution in [2.45, 2.75) is 57.9 Å². The molecule has 0 saturated carbocycles. The highest BCUT2D eigenvalue weighted by molar-refractivity contribution is 5.49. The van der Waals surface area contributed by atoms with Crippen molar-refractivity contribution in [3.8, 4) is 0 Å². The summed E-state index contributed by atoms with van der Waals surface area (Å²) in [6, 6.07) is 1.80. The fourth-order valence-electron chi connectivity index (χ4n) is 4.97. The van der Waals surface area contributed by atoms with Crippen LogP contribution in [0.3, 0.4) is 0 Å². The minimum absolute atomic E-state index is 0.0490. The molecule has 0 radical (unpaired) electrons. The SMILES string of the molecule is O=c1cc2c(nn1CCN1CCN(c3ncnc4c3CCCCC4)CC1)CCC2. The van der Waals surface area contributed by atoms with Gasteiger partial charge in [0.25, 0.3) is 5.56 Å². The van der Waals surface area contributed by atoms with E-state index in [2.05, 4.69) is 24.9 Å². The van der Waals surface area contributed by atoms with Gasteiger partial charge in [0, 0.05) is 50.0 Å². The van der Waals surface area contributed by atoms with Crippen LogP contribution in [0.4, 0.5) is 5.82 Å². The third-order valence-corrected chi connectivity index (χ3v) is 6.68. The van der Waals surface area contributed by atoms with Crippen LogP contribution in [0, 0.1) is 0 Å². The largest absolute Gasteiger partial charge is 0.354 e. The van der Waals surface area contributed by atoms with E-state index in [1.807, 2.05) is 0 Å². The quantitative estimate of drug-likeness (QED) is 0.734. The summed E-state index contributed by atoms with van der Waals surface area (Å²) < 4.78 is 1.67. The average Bonchev–Trinajstić information content (AvgIpc) is 3.05. The zero-order valence-corrected chi connectivity index (χ0v) is 17.1. The lowest BCUT2D eigenvalue weighted by Crippen LogP contribution is -2.48. The molecular formula is C22H30N6O. The number of rotatable bonds is 4. The molecule has 7 heteroatoms. The van der Waals surface area contributed by atoms with Gasteiger partial charge in [-0.15, -0.1) is 0 Å². The molecule has 0 unspecified atom stereocenters. The van der Waals surface area contributed by atoms with Crippen LogP contribution in [0.1, 0.15) is 48.2 Å². The van der Waals surface area contributed by atoms with Crippen LogP contribution >= 0.6 is 0 Å². The Morgan fingerprint density at radius 1 is 0.828 bits per heavy atom. The lowest BCUT2D eigenvalue weighted by Gasteiger charge is -2.36. The van der Waals surface area contributed by atoms with Gasteiger partial charge in [-0.3, -0.25) is 9.69 Å². The van der Waals surface area contributed by atoms with Crippen molar-refractivity contribution in [2.75, 3.05) is 37.6 Å². The van der Waals surface area contributed by atoms with E-state index in [9.17, 15) is 4.79 Å². The molecule has 0 bridgehead atoms. The van der Waals surface area contributed by atoms with Crippen molar-refractivity contribution in [1.82, 2.24) is 24.6 Å². The molecule has 5 rings (SSSR count). The molecule has 1 saturated heterocycles. The van der Waals surface area contributed by atoms with E-state index in [1.165, 1.54) is 30.5 Å². The molecule has 0 amide bonds. The second-order valence-corrected chi connectivity index (χ2v) is 8.54. The topological polar surface area (TPSA) is 67.2 Å². The molecule has 0 aromatic carbocycles. The molecule has 0 atom stereocenters. The van der Waals surface area contributed by atoms with E-state index in [1.54, 1.807) is 17.1 Å². The Hall–Kier alpha value is -2.28. The molecule has 3 heterocycles. The normalized spacial score (nSPS) is 19.7. The Bertz CT molecular complexity index is 931. The number of hydrogen-bond donors (Lipinski definition) is 0. The molecule has 0 spiro atoms. The van der Waals surface area contributed by atoms with Crippen molar-refractivity contribution < 1.29 is 0 Å². The lowest BCUT2D eigenvalue weighted by molar-refractivity contribution is 0.242. The first-order chi connectivity index (χ1) is 14.3.